The van der Waals surface area contributed by atoms with Crippen LogP contribution in [0.1, 0.15) is 5.56 Å². The molecular formula is C16H10Cl2N2O2. The van der Waals surface area contributed by atoms with Crippen LogP contribution in [0, 0.1) is 17.0 Å². The third-order valence-electron chi connectivity index (χ3n) is 3.45. The predicted molar refractivity (Wildman–Crippen MR) is 88.6 cm³/mol. The number of hydrogen-bond donors (Lipinski definition) is 0. The highest BCUT2D eigenvalue weighted by Gasteiger charge is 2.22. The van der Waals surface area contributed by atoms with Crippen molar-refractivity contribution in [3.8, 4) is 11.1 Å². The van der Waals surface area contributed by atoms with Gasteiger partial charge in [0.2, 0.25) is 0 Å². The largest absolute Gasteiger partial charge is 0.296 e. The lowest BCUT2D eigenvalue weighted by atomic mass is 9.98. The van der Waals surface area contributed by atoms with Crippen LogP contribution in [0.2, 0.25) is 10.0 Å². The van der Waals surface area contributed by atoms with Gasteiger partial charge < -0.3 is 0 Å². The smallest absolute Gasteiger partial charge is 0.258 e. The Bertz CT molecular complexity index is 910. The molecule has 4 nitrogen and oxygen atoms in total. The fourth-order valence-corrected chi connectivity index (χ4v) is 3.01. The second kappa shape index (κ2) is 5.55. The maximum atomic E-state index is 11.4. The molecule has 0 saturated carbocycles. The van der Waals surface area contributed by atoms with Crippen molar-refractivity contribution >= 4 is 39.8 Å². The summed E-state index contributed by atoms with van der Waals surface area (Å²) >= 11 is 12.4. The lowest BCUT2D eigenvalue weighted by molar-refractivity contribution is -0.384. The summed E-state index contributed by atoms with van der Waals surface area (Å²) in [6.45, 7) is 1.86. The molecule has 0 amide bonds. The van der Waals surface area contributed by atoms with Crippen molar-refractivity contribution in [1.29, 1.82) is 0 Å². The first-order valence-corrected chi connectivity index (χ1v) is 7.23. The van der Waals surface area contributed by atoms with Gasteiger partial charge in [-0.3, -0.25) is 10.1 Å². The minimum Gasteiger partial charge on any atom is -0.258 e. The number of rotatable bonds is 2. The van der Waals surface area contributed by atoms with E-state index in [-0.39, 0.29) is 5.69 Å². The van der Waals surface area contributed by atoms with Crippen LogP contribution in [0.25, 0.3) is 22.0 Å². The Hall–Kier alpha value is -2.17. The molecule has 1 heterocycles. The summed E-state index contributed by atoms with van der Waals surface area (Å²) in [7, 11) is 0. The first-order valence-electron chi connectivity index (χ1n) is 6.47. The van der Waals surface area contributed by atoms with Crippen LogP contribution >= 0.6 is 23.2 Å². The topological polar surface area (TPSA) is 56.0 Å². The lowest BCUT2D eigenvalue weighted by Crippen LogP contribution is -1.97. The maximum Gasteiger partial charge on any atom is 0.296 e. The number of nitrogens with zero attached hydrogens (tertiary/aromatic N) is 2. The number of pyridine rings is 1. The Morgan fingerprint density at radius 2 is 1.91 bits per heavy atom. The second-order valence-corrected chi connectivity index (χ2v) is 5.72. The fourth-order valence-electron chi connectivity index (χ4n) is 2.51. The average Bonchev–Trinajstić information content (AvgIpc) is 2.46. The van der Waals surface area contributed by atoms with Gasteiger partial charge in [-0.25, -0.2) is 4.98 Å². The van der Waals surface area contributed by atoms with E-state index in [2.05, 4.69) is 4.98 Å². The number of hydrogen-bond acceptors (Lipinski definition) is 3. The number of halogens is 2. The Morgan fingerprint density at radius 3 is 2.59 bits per heavy atom. The summed E-state index contributed by atoms with van der Waals surface area (Å²) in [5.74, 6) is 0. The number of nitro groups is 1. The zero-order valence-corrected chi connectivity index (χ0v) is 13.0. The zero-order valence-electron chi connectivity index (χ0n) is 11.5. The van der Waals surface area contributed by atoms with Gasteiger partial charge in [0, 0.05) is 21.0 Å². The second-order valence-electron chi connectivity index (χ2n) is 4.87. The van der Waals surface area contributed by atoms with Gasteiger partial charge in [-0.05, 0) is 30.7 Å². The van der Waals surface area contributed by atoms with E-state index in [1.807, 2.05) is 6.92 Å². The third kappa shape index (κ3) is 2.40. The van der Waals surface area contributed by atoms with Gasteiger partial charge in [-0.1, -0.05) is 41.4 Å². The van der Waals surface area contributed by atoms with Gasteiger partial charge in [0.25, 0.3) is 5.69 Å². The molecule has 0 aliphatic heterocycles. The maximum absolute atomic E-state index is 11.4. The summed E-state index contributed by atoms with van der Waals surface area (Å²) in [4.78, 5) is 15.2. The van der Waals surface area contributed by atoms with Crippen molar-refractivity contribution in [2.24, 2.45) is 0 Å². The molecule has 0 atom stereocenters. The highest BCUT2D eigenvalue weighted by Crippen LogP contribution is 2.40. The van der Waals surface area contributed by atoms with E-state index in [0.717, 1.165) is 5.56 Å². The fraction of sp³-hybridized carbons (Fsp3) is 0.0625. The Kier molecular flexibility index (Phi) is 3.72. The van der Waals surface area contributed by atoms with Gasteiger partial charge in [-0.15, -0.1) is 0 Å². The molecule has 0 spiro atoms. The van der Waals surface area contributed by atoms with Crippen molar-refractivity contribution in [3.63, 3.8) is 0 Å². The number of aromatic nitrogens is 1. The molecule has 1 aromatic heterocycles. The molecule has 0 saturated heterocycles. The van der Waals surface area contributed by atoms with E-state index in [1.54, 1.807) is 36.4 Å². The molecule has 3 rings (SSSR count). The van der Waals surface area contributed by atoms with Crippen LogP contribution in [-0.2, 0) is 0 Å². The van der Waals surface area contributed by atoms with Gasteiger partial charge in [-0.2, -0.15) is 0 Å². The van der Waals surface area contributed by atoms with E-state index in [9.17, 15) is 10.1 Å². The minimum atomic E-state index is -0.457. The van der Waals surface area contributed by atoms with Crippen LogP contribution in [0.15, 0.2) is 42.6 Å². The van der Waals surface area contributed by atoms with E-state index < -0.39 is 4.92 Å². The Balaban J connectivity index is 2.51. The van der Waals surface area contributed by atoms with E-state index in [0.29, 0.717) is 32.1 Å². The lowest BCUT2D eigenvalue weighted by Gasteiger charge is -2.11. The van der Waals surface area contributed by atoms with Gasteiger partial charge in [0.05, 0.1) is 16.0 Å². The molecule has 110 valence electrons. The van der Waals surface area contributed by atoms with E-state index >= 15 is 0 Å². The van der Waals surface area contributed by atoms with Crippen molar-refractivity contribution in [2.75, 3.05) is 0 Å². The molecule has 2 aromatic carbocycles. The van der Waals surface area contributed by atoms with Crippen molar-refractivity contribution in [2.45, 2.75) is 6.92 Å². The summed E-state index contributed by atoms with van der Waals surface area (Å²) in [5, 5.41) is 13.0. The Labute approximate surface area is 136 Å². The number of aryl methyl sites for hydroxylation is 1. The molecule has 22 heavy (non-hydrogen) atoms. The first kappa shape index (κ1) is 14.8. The van der Waals surface area contributed by atoms with Crippen LogP contribution < -0.4 is 0 Å². The molecule has 0 radical (unpaired) electrons. The first-order chi connectivity index (χ1) is 10.5. The standard InChI is InChI=1S/C16H10Cl2N2O2/c1-9-6-10(17)7-12-15(11-4-2-3-5-13(11)18)14(20(21)22)8-19-16(9)12/h2-8H,1H3. The SMILES string of the molecule is Cc1cc(Cl)cc2c(-c3ccccc3Cl)c([N+](=O)[O-])cnc12. The monoisotopic (exact) mass is 332 g/mol. The van der Waals surface area contributed by atoms with Crippen LogP contribution in [0.4, 0.5) is 5.69 Å². The summed E-state index contributed by atoms with van der Waals surface area (Å²) in [6, 6.07) is 10.5. The Morgan fingerprint density at radius 1 is 1.18 bits per heavy atom. The van der Waals surface area contributed by atoms with Gasteiger partial charge >= 0.3 is 0 Å². The molecule has 6 heteroatoms. The van der Waals surface area contributed by atoms with Crippen molar-refractivity contribution in [1.82, 2.24) is 4.98 Å². The zero-order chi connectivity index (χ0) is 15.9. The van der Waals surface area contributed by atoms with Crippen molar-refractivity contribution < 1.29 is 4.92 Å². The normalized spacial score (nSPS) is 10.9. The summed E-state index contributed by atoms with van der Waals surface area (Å²) in [6.07, 6.45) is 1.27. The highest BCUT2D eigenvalue weighted by molar-refractivity contribution is 6.34. The van der Waals surface area contributed by atoms with E-state index in [1.165, 1.54) is 6.20 Å². The molecule has 0 N–H and O–H groups in total. The highest BCUT2D eigenvalue weighted by atomic mass is 35.5. The third-order valence-corrected chi connectivity index (χ3v) is 3.99. The predicted octanol–water partition coefficient (Wildman–Crippen LogP) is 5.43. The van der Waals surface area contributed by atoms with Crippen molar-refractivity contribution in [3.05, 3.63) is 68.3 Å². The molecule has 0 aliphatic rings. The minimum absolute atomic E-state index is 0.0951. The summed E-state index contributed by atoms with van der Waals surface area (Å²) in [5.41, 5.74) is 2.45. The van der Waals surface area contributed by atoms with E-state index in [4.69, 9.17) is 23.2 Å². The molecule has 0 fully saturated rings. The molecule has 0 unspecified atom stereocenters. The van der Waals surface area contributed by atoms with Crippen LogP contribution in [-0.4, -0.2) is 9.91 Å². The van der Waals surface area contributed by atoms with Crippen LogP contribution in [0.5, 0.6) is 0 Å². The van der Waals surface area contributed by atoms with Gasteiger partial charge in [0.1, 0.15) is 6.20 Å². The molecular weight excluding hydrogens is 323 g/mol. The number of benzene rings is 2. The molecule has 3 aromatic rings. The summed E-state index contributed by atoms with van der Waals surface area (Å²) < 4.78 is 0. The van der Waals surface area contributed by atoms with Gasteiger partial charge in [0.15, 0.2) is 0 Å². The quantitative estimate of drug-likeness (QED) is 0.464. The molecule has 0 bridgehead atoms. The molecule has 0 aliphatic carbocycles. The average molecular weight is 333 g/mol. The number of fused-ring (bicyclic) bond motifs is 1. The van der Waals surface area contributed by atoms with Crippen LogP contribution in [0.3, 0.4) is 0 Å².